The topological polar surface area (TPSA) is 110 Å². The molecule has 1 aromatic carbocycles. The van der Waals surface area contributed by atoms with Gasteiger partial charge in [0.2, 0.25) is 0 Å². The van der Waals surface area contributed by atoms with Crippen molar-refractivity contribution in [3.8, 4) is 11.5 Å². The fraction of sp³-hybridized carbons (Fsp3) is 0.500. The highest BCUT2D eigenvalue weighted by Gasteiger charge is 2.79. The molecular weight excluding hydrogens is 604 g/mol. The molecule has 0 fully saturated rings. The minimum Gasteiger partial charge on any atom is -0.478 e. The normalized spacial score (nSPS) is 14.5. The average Bonchev–Trinajstić information content (AvgIpc) is 2.68. The summed E-state index contributed by atoms with van der Waals surface area (Å²) in [4.78, 5) is 11.0. The van der Waals surface area contributed by atoms with Crippen molar-refractivity contribution in [2.45, 2.75) is 40.5 Å². The maximum atomic E-state index is 13.6. The van der Waals surface area contributed by atoms with E-state index in [2.05, 4.69) is 8.37 Å². The second-order valence-electron chi connectivity index (χ2n) is 6.39. The van der Waals surface area contributed by atoms with Crippen LogP contribution in [-0.4, -0.2) is 57.6 Å². The Labute approximate surface area is 200 Å². The zero-order chi connectivity index (χ0) is 28.8. The van der Waals surface area contributed by atoms with Crippen molar-refractivity contribution in [2.24, 2.45) is 0 Å². The van der Waals surface area contributed by atoms with E-state index in [1.54, 1.807) is 0 Å². The highest BCUT2D eigenvalue weighted by atomic mass is 32.2. The van der Waals surface area contributed by atoms with Crippen LogP contribution in [0.5, 0.6) is 11.5 Å². The Morgan fingerprint density at radius 2 is 1.14 bits per heavy atom. The Bertz CT molecular complexity index is 1090. The number of benzene rings is 1. The Morgan fingerprint density at radius 3 is 1.44 bits per heavy atom. The first-order valence-corrected chi connectivity index (χ1v) is 11.0. The molecule has 0 aromatic heterocycles. The quantitative estimate of drug-likeness (QED) is 0.166. The lowest BCUT2D eigenvalue weighted by atomic mass is 10.2. The van der Waals surface area contributed by atoms with Gasteiger partial charge in [0.1, 0.15) is 35.6 Å². The Morgan fingerprint density at radius 1 is 0.778 bits per heavy atom. The number of carboxylic acids is 1. The molecule has 2 N–H and O–H groups in total. The fourth-order valence-corrected chi connectivity index (χ4v) is 3.31. The molecule has 36 heavy (non-hydrogen) atoms. The van der Waals surface area contributed by atoms with Crippen LogP contribution in [0.25, 0.3) is 0 Å². The summed E-state index contributed by atoms with van der Waals surface area (Å²) in [5.74, 6) is -22.9. The molecule has 0 amide bonds. The summed E-state index contributed by atoms with van der Waals surface area (Å²) in [6, 6.07) is 0.485. The van der Waals surface area contributed by atoms with Gasteiger partial charge >= 0.3 is 49.6 Å². The lowest BCUT2D eigenvalue weighted by Gasteiger charge is -2.29. The van der Waals surface area contributed by atoms with Crippen LogP contribution < -0.4 is 8.37 Å². The van der Waals surface area contributed by atoms with E-state index in [4.69, 9.17) is 9.66 Å². The van der Waals surface area contributed by atoms with Crippen molar-refractivity contribution in [2.75, 3.05) is 0 Å². The van der Waals surface area contributed by atoms with E-state index in [0.29, 0.717) is 0 Å². The van der Waals surface area contributed by atoms with Crippen LogP contribution in [-0.2, 0) is 10.1 Å². The van der Waals surface area contributed by atoms with Gasteiger partial charge in [0.25, 0.3) is 0 Å². The average molecular weight is 612 g/mol. The minimum absolute atomic E-state index is 0.0832. The molecule has 1 aromatic rings. The molecule has 1 rings (SSSR count). The van der Waals surface area contributed by atoms with Crippen molar-refractivity contribution in [1.82, 2.24) is 0 Å². The molecule has 0 unspecified atom stereocenters. The molecule has 0 aliphatic rings. The maximum absolute atomic E-state index is 13.6. The van der Waals surface area contributed by atoms with Gasteiger partial charge in [0.05, 0.1) is 5.56 Å². The van der Waals surface area contributed by atoms with E-state index < -0.39 is 97.7 Å². The molecule has 0 heterocycles. The van der Waals surface area contributed by atoms with E-state index in [1.165, 1.54) is 0 Å². The van der Waals surface area contributed by atoms with Gasteiger partial charge in [-0.25, -0.2) is 4.79 Å². The van der Waals surface area contributed by atoms with Crippen LogP contribution in [0.4, 0.5) is 52.7 Å². The third-order valence-corrected chi connectivity index (χ3v) is 5.97. The van der Waals surface area contributed by atoms with E-state index in [9.17, 15) is 65.9 Å². The molecule has 0 saturated heterocycles. The van der Waals surface area contributed by atoms with Gasteiger partial charge < -0.3 is 13.5 Å². The Balaban J connectivity index is 3.25. The van der Waals surface area contributed by atoms with Crippen molar-refractivity contribution in [3.63, 3.8) is 0 Å². The first-order valence-electron chi connectivity index (χ1n) is 8.05. The first kappa shape index (κ1) is 32.1. The van der Waals surface area contributed by atoms with Gasteiger partial charge in [-0.15, -0.1) is 0 Å². The van der Waals surface area contributed by atoms with Gasteiger partial charge in [-0.1, -0.05) is 0 Å². The molecule has 0 aliphatic carbocycles. The van der Waals surface area contributed by atoms with Crippen LogP contribution in [0.2, 0.25) is 0 Å². The van der Waals surface area contributed by atoms with Gasteiger partial charge in [-0.2, -0.15) is 61.1 Å². The molecule has 208 valence electrons. The lowest BCUT2D eigenvalue weighted by Crippen LogP contribution is -2.56. The van der Waals surface area contributed by atoms with Gasteiger partial charge in [-0.3, -0.25) is 4.55 Å². The molecule has 0 saturated carbocycles. The van der Waals surface area contributed by atoms with Crippen molar-refractivity contribution in [3.05, 3.63) is 23.8 Å². The summed E-state index contributed by atoms with van der Waals surface area (Å²) in [6.45, 7) is -0.572. The van der Waals surface area contributed by atoms with Crippen LogP contribution in [0.1, 0.15) is 17.3 Å². The van der Waals surface area contributed by atoms with E-state index in [0.717, 1.165) is 0 Å². The van der Waals surface area contributed by atoms with Gasteiger partial charge in [0.15, 0.2) is 0 Å². The summed E-state index contributed by atoms with van der Waals surface area (Å²) < 4.78 is 196. The zero-order valence-electron chi connectivity index (χ0n) is 16.4. The number of hydrogen-bond donors (Lipinski definition) is 2. The van der Waals surface area contributed by atoms with Crippen molar-refractivity contribution in [1.29, 1.82) is 0 Å². The molecular formula is C14H8F12O7S3. The van der Waals surface area contributed by atoms with Crippen LogP contribution in [0, 0.1) is 0 Å². The summed E-state index contributed by atoms with van der Waals surface area (Å²) in [5.41, 5.74) is -1.15. The third kappa shape index (κ3) is 6.13. The zero-order valence-corrected chi connectivity index (χ0v) is 18.9. The molecule has 0 aliphatic heterocycles. The number of halogens is 12. The number of alkyl halides is 12. The molecule has 7 nitrogen and oxygen atoms in total. The minimum atomic E-state index is -7.11. The molecule has 0 radical (unpaired) electrons. The summed E-state index contributed by atoms with van der Waals surface area (Å²) in [6.07, 6.45) is 0. The summed E-state index contributed by atoms with van der Waals surface area (Å²) in [5, 5.41) is -9.76. The number of aromatic carboxylic acids is 1. The molecule has 22 heteroatoms. The monoisotopic (exact) mass is 612 g/mol. The van der Waals surface area contributed by atoms with Crippen LogP contribution >= 0.6 is 24.1 Å². The van der Waals surface area contributed by atoms with E-state index >= 15 is 0 Å². The number of hydrogen-bond acceptors (Lipinski definition) is 7. The Hall–Kier alpha value is -1.94. The molecule has 0 spiro atoms. The number of rotatable bonds is 12. The highest BCUT2D eigenvalue weighted by molar-refractivity contribution is 7.96. The number of carboxylic acid groups (broad SMARTS) is 1. The van der Waals surface area contributed by atoms with Gasteiger partial charge in [0, 0.05) is 13.0 Å². The fourth-order valence-electron chi connectivity index (χ4n) is 1.68. The summed E-state index contributed by atoms with van der Waals surface area (Å²) >= 11 is -3.57. The summed E-state index contributed by atoms with van der Waals surface area (Å²) in [7, 11) is -7.11. The Kier molecular flexibility index (Phi) is 8.68. The van der Waals surface area contributed by atoms with Crippen molar-refractivity contribution >= 4 is 40.2 Å². The van der Waals surface area contributed by atoms with Gasteiger partial charge in [-0.05, 0) is 12.1 Å². The van der Waals surface area contributed by atoms with E-state index in [-0.39, 0.29) is 18.2 Å². The lowest BCUT2D eigenvalue weighted by molar-refractivity contribution is -0.269. The van der Waals surface area contributed by atoms with Crippen molar-refractivity contribution < 1.29 is 83.9 Å². The smallest absolute Gasteiger partial charge is 0.439 e. The predicted molar refractivity (Wildman–Crippen MR) is 96.7 cm³/mol. The standard InChI is InChI=1S/C14H8F12O7S3/c1-9(15,16)10(17,18)12(21,22)34-32-6-2-5(8(27)28)3-7(4-6)33-35-13(23,24)11(19,20)14(25,26)36(29,30)31/h2-4H,1H3,(H,27,28)(H,29,30,31). The number of carbonyl (C=O) groups is 1. The molecule has 0 atom stereocenters. The van der Waals surface area contributed by atoms with Crippen LogP contribution in [0.15, 0.2) is 18.2 Å². The maximum Gasteiger partial charge on any atom is 0.439 e. The largest absolute Gasteiger partial charge is 0.478 e. The highest BCUT2D eigenvalue weighted by Crippen LogP contribution is 2.54. The third-order valence-electron chi connectivity index (χ3n) is 3.58. The first-order chi connectivity index (χ1) is 15.7. The second-order valence-corrected chi connectivity index (χ2v) is 9.55. The second kappa shape index (κ2) is 9.74. The van der Waals surface area contributed by atoms with E-state index in [1.807, 2.05) is 0 Å². The predicted octanol–water partition coefficient (Wildman–Crippen LogP) is 6.03. The van der Waals surface area contributed by atoms with Crippen LogP contribution in [0.3, 0.4) is 0 Å². The molecule has 0 bridgehead atoms. The SMILES string of the molecule is CC(F)(F)C(F)(F)C(F)(F)SOc1cc(OSC(F)(F)C(F)(F)C(F)(F)S(=O)(=O)O)cc(C(=O)O)c1.